The average Bonchev–Trinajstić information content (AvgIpc) is 3.17. The molecule has 3 rings (SSSR count). The third kappa shape index (κ3) is 3.99. The fourth-order valence-corrected chi connectivity index (χ4v) is 4.03. The molecule has 3 heterocycles. The highest BCUT2D eigenvalue weighted by molar-refractivity contribution is 7.13. The SMILES string of the molecule is CC(=O)N[C@@H]1CN(Cc2cnc(-c3cccs3)nc2)C[C@H]1C(C)C. The van der Waals surface area contributed by atoms with E-state index in [0.29, 0.717) is 11.8 Å². The van der Waals surface area contributed by atoms with Crippen molar-refractivity contribution in [1.82, 2.24) is 20.2 Å². The Bertz CT molecular complexity index is 669. The first kappa shape index (κ1) is 17.0. The summed E-state index contributed by atoms with van der Waals surface area (Å²) in [6.45, 7) is 8.75. The first-order valence-corrected chi connectivity index (χ1v) is 9.25. The van der Waals surface area contributed by atoms with Crippen molar-refractivity contribution in [2.45, 2.75) is 33.4 Å². The summed E-state index contributed by atoms with van der Waals surface area (Å²) >= 11 is 1.65. The maximum Gasteiger partial charge on any atom is 0.217 e. The maximum absolute atomic E-state index is 11.4. The molecule has 24 heavy (non-hydrogen) atoms. The molecule has 0 unspecified atom stereocenters. The van der Waals surface area contributed by atoms with E-state index >= 15 is 0 Å². The minimum Gasteiger partial charge on any atom is -0.352 e. The lowest BCUT2D eigenvalue weighted by Gasteiger charge is -2.22. The zero-order chi connectivity index (χ0) is 17.1. The lowest BCUT2D eigenvalue weighted by atomic mass is 9.91. The predicted octanol–water partition coefficient (Wildman–Crippen LogP) is 2.80. The van der Waals surface area contributed by atoms with Gasteiger partial charge in [-0.15, -0.1) is 11.3 Å². The van der Waals surface area contributed by atoms with Crippen LogP contribution in [0.3, 0.4) is 0 Å². The van der Waals surface area contributed by atoms with Crippen molar-refractivity contribution in [3.05, 3.63) is 35.5 Å². The normalized spacial score (nSPS) is 21.3. The smallest absolute Gasteiger partial charge is 0.217 e. The standard InChI is InChI=1S/C18H24N4OS/c1-12(2)15-10-22(11-16(15)21-13(3)23)9-14-7-19-18(20-8-14)17-5-4-6-24-17/h4-8,12,15-16H,9-11H2,1-3H3,(H,21,23)/t15-,16+/m0/s1. The molecule has 1 fully saturated rings. The summed E-state index contributed by atoms with van der Waals surface area (Å²) in [5.74, 6) is 1.87. The lowest BCUT2D eigenvalue weighted by Crippen LogP contribution is -2.40. The number of carbonyl (C=O) groups excluding carboxylic acids is 1. The first-order chi connectivity index (χ1) is 11.5. The summed E-state index contributed by atoms with van der Waals surface area (Å²) in [5.41, 5.74) is 1.11. The molecular weight excluding hydrogens is 320 g/mol. The molecule has 1 saturated heterocycles. The van der Waals surface area contributed by atoms with Crippen LogP contribution in [0.15, 0.2) is 29.9 Å². The first-order valence-electron chi connectivity index (χ1n) is 8.37. The monoisotopic (exact) mass is 344 g/mol. The van der Waals surface area contributed by atoms with Gasteiger partial charge < -0.3 is 5.32 Å². The van der Waals surface area contributed by atoms with Gasteiger partial charge in [-0.2, -0.15) is 0 Å². The van der Waals surface area contributed by atoms with Gasteiger partial charge in [0, 0.05) is 50.6 Å². The lowest BCUT2D eigenvalue weighted by molar-refractivity contribution is -0.119. The Balaban J connectivity index is 1.64. The Kier molecular flexibility index (Phi) is 5.26. The third-order valence-corrected chi connectivity index (χ3v) is 5.40. The molecule has 0 bridgehead atoms. The van der Waals surface area contributed by atoms with Crippen molar-refractivity contribution < 1.29 is 4.79 Å². The molecule has 128 valence electrons. The molecule has 0 aromatic carbocycles. The molecule has 5 nitrogen and oxygen atoms in total. The van der Waals surface area contributed by atoms with Gasteiger partial charge in [-0.1, -0.05) is 19.9 Å². The highest BCUT2D eigenvalue weighted by atomic mass is 32.1. The Morgan fingerprint density at radius 2 is 2.12 bits per heavy atom. The van der Waals surface area contributed by atoms with Gasteiger partial charge in [0.05, 0.1) is 4.88 Å². The van der Waals surface area contributed by atoms with Crippen LogP contribution in [0.4, 0.5) is 0 Å². The Hall–Kier alpha value is -1.79. The van der Waals surface area contributed by atoms with Crippen molar-refractivity contribution in [2.75, 3.05) is 13.1 Å². The predicted molar refractivity (Wildman–Crippen MR) is 96.6 cm³/mol. The second-order valence-corrected chi connectivity index (χ2v) is 7.75. The Labute approximate surface area is 147 Å². The quantitative estimate of drug-likeness (QED) is 0.906. The van der Waals surface area contributed by atoms with E-state index in [4.69, 9.17) is 0 Å². The second-order valence-electron chi connectivity index (χ2n) is 6.80. The van der Waals surface area contributed by atoms with Gasteiger partial charge in [0.25, 0.3) is 0 Å². The number of likely N-dealkylation sites (tertiary alicyclic amines) is 1. The number of amides is 1. The highest BCUT2D eigenvalue weighted by Crippen LogP contribution is 2.26. The topological polar surface area (TPSA) is 58.1 Å². The summed E-state index contributed by atoms with van der Waals surface area (Å²) in [5, 5.41) is 5.14. The zero-order valence-electron chi connectivity index (χ0n) is 14.4. The number of aromatic nitrogens is 2. The van der Waals surface area contributed by atoms with E-state index < -0.39 is 0 Å². The van der Waals surface area contributed by atoms with Crippen LogP contribution < -0.4 is 5.32 Å². The second kappa shape index (κ2) is 7.40. The molecule has 0 radical (unpaired) electrons. The number of rotatable bonds is 5. The Morgan fingerprint density at radius 3 is 2.71 bits per heavy atom. The van der Waals surface area contributed by atoms with Crippen LogP contribution >= 0.6 is 11.3 Å². The van der Waals surface area contributed by atoms with Gasteiger partial charge in [0.15, 0.2) is 5.82 Å². The van der Waals surface area contributed by atoms with Gasteiger partial charge in [-0.25, -0.2) is 9.97 Å². The van der Waals surface area contributed by atoms with Crippen LogP contribution in [0, 0.1) is 11.8 Å². The third-order valence-electron chi connectivity index (χ3n) is 4.54. The van der Waals surface area contributed by atoms with Crippen molar-refractivity contribution >= 4 is 17.2 Å². The maximum atomic E-state index is 11.4. The van der Waals surface area contributed by atoms with E-state index in [2.05, 4.69) is 34.0 Å². The summed E-state index contributed by atoms with van der Waals surface area (Å²) in [4.78, 5) is 23.9. The van der Waals surface area contributed by atoms with E-state index in [-0.39, 0.29) is 11.9 Å². The fraction of sp³-hybridized carbons (Fsp3) is 0.500. The molecule has 0 saturated carbocycles. The van der Waals surface area contributed by atoms with Crippen LogP contribution in [-0.2, 0) is 11.3 Å². The molecular formula is C18H24N4OS. The summed E-state index contributed by atoms with van der Waals surface area (Å²) in [6.07, 6.45) is 3.83. The largest absolute Gasteiger partial charge is 0.352 e. The van der Waals surface area contributed by atoms with E-state index in [1.807, 2.05) is 29.9 Å². The van der Waals surface area contributed by atoms with Gasteiger partial charge >= 0.3 is 0 Å². The van der Waals surface area contributed by atoms with Gasteiger partial charge in [-0.05, 0) is 23.3 Å². The van der Waals surface area contributed by atoms with E-state index in [0.717, 1.165) is 35.9 Å². The number of nitrogens with zero attached hydrogens (tertiary/aromatic N) is 3. The molecule has 0 spiro atoms. The van der Waals surface area contributed by atoms with E-state index in [9.17, 15) is 4.79 Å². The van der Waals surface area contributed by atoms with Crippen LogP contribution in [0.25, 0.3) is 10.7 Å². The molecule has 1 aliphatic rings. The van der Waals surface area contributed by atoms with Gasteiger partial charge in [0.2, 0.25) is 5.91 Å². The van der Waals surface area contributed by atoms with Crippen molar-refractivity contribution in [3.63, 3.8) is 0 Å². The number of thiophene rings is 1. The van der Waals surface area contributed by atoms with Crippen molar-refractivity contribution in [1.29, 1.82) is 0 Å². The average molecular weight is 344 g/mol. The van der Waals surface area contributed by atoms with Crippen LogP contribution in [0.2, 0.25) is 0 Å². The molecule has 2 aromatic rings. The molecule has 2 aromatic heterocycles. The van der Waals surface area contributed by atoms with Gasteiger partial charge in [0.1, 0.15) is 0 Å². The number of carbonyl (C=O) groups is 1. The van der Waals surface area contributed by atoms with Crippen molar-refractivity contribution in [3.8, 4) is 10.7 Å². The molecule has 0 aliphatic carbocycles. The van der Waals surface area contributed by atoms with Crippen LogP contribution in [-0.4, -0.2) is 39.9 Å². The minimum absolute atomic E-state index is 0.0520. The van der Waals surface area contributed by atoms with Crippen LogP contribution in [0.5, 0.6) is 0 Å². The number of hydrogen-bond donors (Lipinski definition) is 1. The number of hydrogen-bond acceptors (Lipinski definition) is 5. The highest BCUT2D eigenvalue weighted by Gasteiger charge is 2.34. The minimum atomic E-state index is 0.0520. The Morgan fingerprint density at radius 1 is 1.38 bits per heavy atom. The summed E-state index contributed by atoms with van der Waals surface area (Å²) in [6, 6.07) is 4.27. The zero-order valence-corrected chi connectivity index (χ0v) is 15.2. The molecule has 2 atom stereocenters. The van der Waals surface area contributed by atoms with Crippen LogP contribution in [0.1, 0.15) is 26.3 Å². The van der Waals surface area contributed by atoms with Gasteiger partial charge in [-0.3, -0.25) is 9.69 Å². The summed E-state index contributed by atoms with van der Waals surface area (Å²) < 4.78 is 0. The number of nitrogens with one attached hydrogen (secondary N) is 1. The molecule has 1 amide bonds. The molecule has 1 aliphatic heterocycles. The summed E-state index contributed by atoms with van der Waals surface area (Å²) in [7, 11) is 0. The molecule has 1 N–H and O–H groups in total. The van der Waals surface area contributed by atoms with E-state index in [1.165, 1.54) is 0 Å². The molecule has 6 heteroatoms. The fourth-order valence-electron chi connectivity index (χ4n) is 3.36. The van der Waals surface area contributed by atoms with Crippen molar-refractivity contribution in [2.24, 2.45) is 11.8 Å². The van der Waals surface area contributed by atoms with E-state index in [1.54, 1.807) is 18.3 Å².